The Morgan fingerprint density at radius 3 is 2.47 bits per heavy atom. The minimum Gasteiger partial charge on any atom is -0.297 e. The van der Waals surface area contributed by atoms with Gasteiger partial charge in [0.15, 0.2) is 6.29 Å². The third kappa shape index (κ3) is 4.62. The summed E-state index contributed by atoms with van der Waals surface area (Å²) < 4.78 is 0. The van der Waals surface area contributed by atoms with E-state index in [0.29, 0.717) is 0 Å². The van der Waals surface area contributed by atoms with Gasteiger partial charge < -0.3 is 0 Å². The largest absolute Gasteiger partial charge is 0.297 e. The van der Waals surface area contributed by atoms with Gasteiger partial charge in [-0.05, 0) is 23.8 Å². The molecule has 1 rings (SSSR count). The molecule has 1 heterocycles. The highest BCUT2D eigenvalue weighted by molar-refractivity contribution is 7.14. The van der Waals surface area contributed by atoms with E-state index in [1.54, 1.807) is 12.2 Å². The summed E-state index contributed by atoms with van der Waals surface area (Å²) in [6, 6.07) is 3.74. The van der Waals surface area contributed by atoms with Gasteiger partial charge in [-0.1, -0.05) is 49.6 Å². The van der Waals surface area contributed by atoms with Crippen LogP contribution in [0.1, 0.15) is 14.5 Å². The van der Waals surface area contributed by atoms with Crippen LogP contribution in [0.5, 0.6) is 0 Å². The lowest BCUT2D eigenvalue weighted by molar-refractivity contribution is 0.112. The van der Waals surface area contributed by atoms with Gasteiger partial charge in [-0.3, -0.25) is 4.79 Å². The lowest BCUT2D eigenvalue weighted by Gasteiger charge is -1.90. The van der Waals surface area contributed by atoms with E-state index in [4.69, 9.17) is 0 Å². The van der Waals surface area contributed by atoms with Crippen LogP contribution >= 0.6 is 11.3 Å². The van der Waals surface area contributed by atoms with E-state index < -0.39 is 0 Å². The molecule has 0 N–H and O–H groups in total. The normalized spacial score (nSPS) is 12.1. The Morgan fingerprint density at radius 1 is 1.12 bits per heavy atom. The quantitative estimate of drug-likeness (QED) is 0.533. The molecule has 0 atom stereocenters. The van der Waals surface area contributed by atoms with Gasteiger partial charge in [0.1, 0.15) is 0 Å². The van der Waals surface area contributed by atoms with E-state index in [1.165, 1.54) is 11.3 Å². The maximum Gasteiger partial charge on any atom is 0.160 e. The Hall–Kier alpha value is -1.93. The van der Waals surface area contributed by atoms with Crippen molar-refractivity contribution in [3.05, 3.63) is 77.1 Å². The minimum absolute atomic E-state index is 0.737. The lowest BCUT2D eigenvalue weighted by Crippen LogP contribution is -1.69. The summed E-state index contributed by atoms with van der Waals surface area (Å²) in [5, 5.41) is 0. The SMILES string of the molecule is C=C\C=C/C(/C=C/c1ccc(C=O)s1)=C\C=C. The number of allylic oxidation sites excluding steroid dienone is 7. The second kappa shape index (κ2) is 7.36. The van der Waals surface area contributed by atoms with E-state index in [1.807, 2.05) is 42.5 Å². The number of thiophene rings is 1. The fourth-order valence-electron chi connectivity index (χ4n) is 1.18. The van der Waals surface area contributed by atoms with E-state index in [2.05, 4.69) is 13.2 Å². The van der Waals surface area contributed by atoms with Gasteiger partial charge in [0.05, 0.1) is 4.88 Å². The molecule has 1 aromatic rings. The Balaban J connectivity index is 2.82. The van der Waals surface area contributed by atoms with Crippen molar-refractivity contribution in [3.8, 4) is 0 Å². The number of carbonyl (C=O) groups is 1. The van der Waals surface area contributed by atoms with Crippen molar-refractivity contribution in [3.63, 3.8) is 0 Å². The maximum atomic E-state index is 10.5. The van der Waals surface area contributed by atoms with E-state index in [0.717, 1.165) is 21.6 Å². The van der Waals surface area contributed by atoms with Crippen molar-refractivity contribution in [2.45, 2.75) is 0 Å². The van der Waals surface area contributed by atoms with Gasteiger partial charge in [0.2, 0.25) is 0 Å². The zero-order chi connectivity index (χ0) is 12.5. The molecule has 0 aliphatic heterocycles. The number of aldehydes is 1. The van der Waals surface area contributed by atoms with E-state index in [9.17, 15) is 4.79 Å². The highest BCUT2D eigenvalue weighted by atomic mass is 32.1. The Kier molecular flexibility index (Phi) is 5.69. The van der Waals surface area contributed by atoms with Gasteiger partial charge >= 0.3 is 0 Å². The molecule has 0 amide bonds. The van der Waals surface area contributed by atoms with Crippen molar-refractivity contribution in [1.29, 1.82) is 0 Å². The maximum absolute atomic E-state index is 10.5. The van der Waals surface area contributed by atoms with Crippen LogP contribution in [0.3, 0.4) is 0 Å². The first kappa shape index (κ1) is 13.1. The average Bonchev–Trinajstić information content (AvgIpc) is 2.80. The van der Waals surface area contributed by atoms with Gasteiger partial charge in [-0.25, -0.2) is 0 Å². The molecule has 1 nitrogen and oxygen atoms in total. The lowest BCUT2D eigenvalue weighted by atomic mass is 10.2. The van der Waals surface area contributed by atoms with Crippen LogP contribution < -0.4 is 0 Å². The topological polar surface area (TPSA) is 17.1 Å². The molecular weight excluding hydrogens is 228 g/mol. The van der Waals surface area contributed by atoms with Crippen LogP contribution in [-0.2, 0) is 0 Å². The van der Waals surface area contributed by atoms with Gasteiger partial charge in [0.25, 0.3) is 0 Å². The molecule has 0 bridgehead atoms. The van der Waals surface area contributed by atoms with Gasteiger partial charge in [-0.15, -0.1) is 11.3 Å². The van der Waals surface area contributed by atoms with Crippen LogP contribution in [0, 0.1) is 0 Å². The molecule has 0 unspecified atom stereocenters. The first-order chi connectivity index (χ1) is 8.30. The Labute approximate surface area is 106 Å². The first-order valence-electron chi connectivity index (χ1n) is 5.15. The number of hydrogen-bond donors (Lipinski definition) is 0. The summed E-state index contributed by atoms with van der Waals surface area (Å²) in [5.41, 5.74) is 1.03. The van der Waals surface area contributed by atoms with Crippen LogP contribution in [0.2, 0.25) is 0 Å². The van der Waals surface area contributed by atoms with Gasteiger partial charge in [-0.2, -0.15) is 0 Å². The summed E-state index contributed by atoms with van der Waals surface area (Å²) in [4.78, 5) is 12.3. The van der Waals surface area contributed by atoms with Crippen molar-refractivity contribution < 1.29 is 4.79 Å². The molecule has 0 fully saturated rings. The highest BCUT2D eigenvalue weighted by Crippen LogP contribution is 2.17. The van der Waals surface area contributed by atoms with Crippen molar-refractivity contribution >= 4 is 23.7 Å². The fourth-order valence-corrected chi connectivity index (χ4v) is 1.91. The monoisotopic (exact) mass is 242 g/mol. The summed E-state index contributed by atoms with van der Waals surface area (Å²) in [6.45, 7) is 7.29. The molecule has 0 saturated heterocycles. The molecule has 2 heteroatoms. The molecule has 0 radical (unpaired) electrons. The summed E-state index contributed by atoms with van der Waals surface area (Å²) in [5.74, 6) is 0. The second-order valence-corrected chi connectivity index (χ2v) is 4.34. The number of carbonyl (C=O) groups excluding carboxylic acids is 1. The molecule has 17 heavy (non-hydrogen) atoms. The number of hydrogen-bond acceptors (Lipinski definition) is 2. The predicted molar refractivity (Wildman–Crippen MR) is 76.4 cm³/mol. The zero-order valence-electron chi connectivity index (χ0n) is 9.50. The zero-order valence-corrected chi connectivity index (χ0v) is 10.3. The van der Waals surface area contributed by atoms with E-state index >= 15 is 0 Å². The smallest absolute Gasteiger partial charge is 0.160 e. The fraction of sp³-hybridized carbons (Fsp3) is 0. The Bertz CT molecular complexity index is 487. The second-order valence-electron chi connectivity index (χ2n) is 3.19. The summed E-state index contributed by atoms with van der Waals surface area (Å²) in [6.07, 6.45) is 14.0. The van der Waals surface area contributed by atoms with Crippen molar-refractivity contribution in [2.24, 2.45) is 0 Å². The van der Waals surface area contributed by atoms with Crippen molar-refractivity contribution in [1.82, 2.24) is 0 Å². The molecule has 0 saturated carbocycles. The van der Waals surface area contributed by atoms with Crippen LogP contribution in [-0.4, -0.2) is 6.29 Å². The molecule has 0 aliphatic carbocycles. The minimum atomic E-state index is 0.737. The van der Waals surface area contributed by atoms with Crippen molar-refractivity contribution in [2.75, 3.05) is 0 Å². The third-order valence-electron chi connectivity index (χ3n) is 1.94. The first-order valence-corrected chi connectivity index (χ1v) is 5.96. The summed E-state index contributed by atoms with van der Waals surface area (Å²) >= 11 is 1.46. The Morgan fingerprint density at radius 2 is 1.88 bits per heavy atom. The summed E-state index contributed by atoms with van der Waals surface area (Å²) in [7, 11) is 0. The van der Waals surface area contributed by atoms with Crippen LogP contribution in [0.15, 0.2) is 67.3 Å². The van der Waals surface area contributed by atoms with E-state index in [-0.39, 0.29) is 0 Å². The number of rotatable bonds is 6. The third-order valence-corrected chi connectivity index (χ3v) is 2.91. The standard InChI is InChI=1S/C15H14OS/c1-3-5-7-13(6-4-2)8-9-14-10-11-15(12-16)17-14/h3-12H,1-2H2/b7-5-,9-8+,13-6+. The molecule has 0 aliphatic rings. The van der Waals surface area contributed by atoms with Gasteiger partial charge in [0, 0.05) is 4.88 Å². The van der Waals surface area contributed by atoms with Crippen LogP contribution in [0.25, 0.3) is 6.08 Å². The molecule has 86 valence electrons. The molecular formula is C15H14OS. The average molecular weight is 242 g/mol. The molecule has 0 spiro atoms. The predicted octanol–water partition coefficient (Wildman–Crippen LogP) is 4.43. The van der Waals surface area contributed by atoms with Crippen LogP contribution in [0.4, 0.5) is 0 Å². The molecule has 1 aromatic heterocycles. The highest BCUT2D eigenvalue weighted by Gasteiger charge is 1.94. The molecule has 0 aromatic carbocycles.